The third kappa shape index (κ3) is 4.52. The Bertz CT molecular complexity index is 1270. The molecular formula is C22H24N4O4S. The van der Waals surface area contributed by atoms with Crippen molar-refractivity contribution in [2.24, 2.45) is 5.92 Å². The zero-order chi connectivity index (χ0) is 22.0. The predicted octanol–water partition coefficient (Wildman–Crippen LogP) is 2.46. The van der Waals surface area contributed by atoms with Gasteiger partial charge in [0.25, 0.3) is 5.56 Å². The maximum Gasteiger partial charge on any atom is 0.275 e. The standard InChI is InChI=1S/C22H24N4O4S/c1-16-5-4-12-25(14-16)31(29,30)19-10-8-18(9-11-19)24-21(27)15-26-22(28)20-7-3-2-6-17(20)13-23-26/h2-3,6-11,13,16H,4-5,12,14-15H2,1H3,(H,24,27)/t16-/m1/s1. The molecule has 0 radical (unpaired) electrons. The maximum absolute atomic E-state index is 12.8. The number of aromatic nitrogens is 2. The number of sulfonamides is 1. The van der Waals surface area contributed by atoms with Crippen molar-refractivity contribution < 1.29 is 13.2 Å². The van der Waals surface area contributed by atoms with Crippen LogP contribution in [0.5, 0.6) is 0 Å². The Labute approximate surface area is 180 Å². The summed E-state index contributed by atoms with van der Waals surface area (Å²) < 4.78 is 28.3. The van der Waals surface area contributed by atoms with Crippen LogP contribution in [0.25, 0.3) is 10.8 Å². The van der Waals surface area contributed by atoms with E-state index in [0.717, 1.165) is 17.5 Å². The number of nitrogens with zero attached hydrogens (tertiary/aromatic N) is 3. The van der Waals surface area contributed by atoms with Crippen LogP contribution in [0.3, 0.4) is 0 Å². The van der Waals surface area contributed by atoms with E-state index in [1.165, 1.54) is 16.4 Å². The summed E-state index contributed by atoms with van der Waals surface area (Å²) in [4.78, 5) is 25.1. The minimum atomic E-state index is -3.55. The lowest BCUT2D eigenvalue weighted by Gasteiger charge is -2.30. The van der Waals surface area contributed by atoms with Crippen molar-refractivity contribution in [2.75, 3.05) is 18.4 Å². The molecule has 3 aromatic rings. The largest absolute Gasteiger partial charge is 0.324 e. The van der Waals surface area contributed by atoms with E-state index in [9.17, 15) is 18.0 Å². The van der Waals surface area contributed by atoms with Crippen molar-refractivity contribution in [3.05, 3.63) is 65.1 Å². The molecule has 0 spiro atoms. The molecule has 1 aromatic heterocycles. The van der Waals surface area contributed by atoms with Crippen LogP contribution in [0.2, 0.25) is 0 Å². The molecule has 2 heterocycles. The van der Waals surface area contributed by atoms with Crippen molar-refractivity contribution in [1.29, 1.82) is 0 Å². The molecule has 1 amide bonds. The van der Waals surface area contributed by atoms with E-state index in [4.69, 9.17) is 0 Å². The molecule has 1 N–H and O–H groups in total. The summed E-state index contributed by atoms with van der Waals surface area (Å²) in [5.74, 6) is -0.0837. The molecule has 1 fully saturated rings. The van der Waals surface area contributed by atoms with E-state index in [0.29, 0.717) is 35.5 Å². The van der Waals surface area contributed by atoms with Gasteiger partial charge in [-0.3, -0.25) is 9.59 Å². The highest BCUT2D eigenvalue weighted by molar-refractivity contribution is 7.89. The number of piperidine rings is 1. The van der Waals surface area contributed by atoms with E-state index in [2.05, 4.69) is 17.3 Å². The first-order chi connectivity index (χ1) is 14.8. The Hall–Kier alpha value is -3.04. The maximum atomic E-state index is 12.8. The Morgan fingerprint density at radius 2 is 1.90 bits per heavy atom. The average molecular weight is 441 g/mol. The van der Waals surface area contributed by atoms with Crippen LogP contribution in [0, 0.1) is 5.92 Å². The van der Waals surface area contributed by atoms with Crippen LogP contribution in [0.4, 0.5) is 5.69 Å². The zero-order valence-electron chi connectivity index (χ0n) is 17.2. The summed E-state index contributed by atoms with van der Waals surface area (Å²) in [7, 11) is -3.55. The summed E-state index contributed by atoms with van der Waals surface area (Å²) in [6.45, 7) is 2.86. The molecule has 9 heteroatoms. The van der Waals surface area contributed by atoms with Crippen LogP contribution in [0.1, 0.15) is 19.8 Å². The highest BCUT2D eigenvalue weighted by atomic mass is 32.2. The van der Waals surface area contributed by atoms with Gasteiger partial charge in [-0.1, -0.05) is 25.1 Å². The van der Waals surface area contributed by atoms with Crippen molar-refractivity contribution in [2.45, 2.75) is 31.2 Å². The summed E-state index contributed by atoms with van der Waals surface area (Å²) in [5, 5.41) is 7.94. The Kier molecular flexibility index (Phi) is 5.88. The minimum absolute atomic E-state index is 0.201. The third-order valence-electron chi connectivity index (χ3n) is 5.45. The van der Waals surface area contributed by atoms with Gasteiger partial charge in [-0.05, 0) is 49.1 Å². The molecule has 1 atom stereocenters. The summed E-state index contributed by atoms with van der Waals surface area (Å²) in [6, 6.07) is 13.1. The van der Waals surface area contributed by atoms with E-state index >= 15 is 0 Å². The normalized spacial score (nSPS) is 17.5. The number of fused-ring (bicyclic) bond motifs is 1. The molecule has 1 aliphatic rings. The zero-order valence-corrected chi connectivity index (χ0v) is 18.0. The summed E-state index contributed by atoms with van der Waals surface area (Å²) >= 11 is 0. The fourth-order valence-electron chi connectivity index (χ4n) is 3.80. The molecular weight excluding hydrogens is 416 g/mol. The molecule has 0 saturated carbocycles. The number of amides is 1. The molecule has 4 rings (SSSR count). The van der Waals surface area contributed by atoms with Gasteiger partial charge in [0, 0.05) is 24.2 Å². The van der Waals surface area contributed by atoms with Crippen LogP contribution in [-0.2, 0) is 21.4 Å². The fourth-order valence-corrected chi connectivity index (χ4v) is 5.40. The molecule has 1 saturated heterocycles. The number of hydrogen-bond donors (Lipinski definition) is 1. The molecule has 0 aliphatic carbocycles. The van der Waals surface area contributed by atoms with Crippen LogP contribution < -0.4 is 10.9 Å². The van der Waals surface area contributed by atoms with Gasteiger partial charge in [0.1, 0.15) is 6.54 Å². The van der Waals surface area contributed by atoms with Crippen molar-refractivity contribution >= 4 is 32.4 Å². The monoisotopic (exact) mass is 440 g/mol. The molecule has 0 unspecified atom stereocenters. The third-order valence-corrected chi connectivity index (χ3v) is 7.33. The molecule has 1 aliphatic heterocycles. The average Bonchev–Trinajstić information content (AvgIpc) is 2.76. The van der Waals surface area contributed by atoms with Crippen LogP contribution in [-0.4, -0.2) is 41.5 Å². The van der Waals surface area contributed by atoms with Gasteiger partial charge in [-0.15, -0.1) is 0 Å². The van der Waals surface area contributed by atoms with Gasteiger partial charge >= 0.3 is 0 Å². The second kappa shape index (κ2) is 8.60. The second-order valence-electron chi connectivity index (χ2n) is 7.88. The van der Waals surface area contributed by atoms with Gasteiger partial charge < -0.3 is 5.32 Å². The number of carbonyl (C=O) groups excluding carboxylic acids is 1. The topological polar surface area (TPSA) is 101 Å². The van der Waals surface area contributed by atoms with Crippen molar-refractivity contribution in [3.8, 4) is 0 Å². The highest BCUT2D eigenvalue weighted by Crippen LogP contribution is 2.24. The van der Waals surface area contributed by atoms with E-state index in [-0.39, 0.29) is 17.0 Å². The van der Waals surface area contributed by atoms with Gasteiger partial charge in [0.2, 0.25) is 15.9 Å². The lowest BCUT2D eigenvalue weighted by atomic mass is 10.0. The number of hydrogen-bond acceptors (Lipinski definition) is 5. The SMILES string of the molecule is C[C@@H]1CCCN(S(=O)(=O)c2ccc(NC(=O)Cn3ncc4ccccc4c3=O)cc2)C1. The van der Waals surface area contributed by atoms with Gasteiger partial charge in [0.15, 0.2) is 0 Å². The Morgan fingerprint density at radius 3 is 2.65 bits per heavy atom. The lowest BCUT2D eigenvalue weighted by Crippen LogP contribution is -2.39. The van der Waals surface area contributed by atoms with Crippen molar-refractivity contribution in [1.82, 2.24) is 14.1 Å². The lowest BCUT2D eigenvalue weighted by molar-refractivity contribution is -0.117. The summed E-state index contributed by atoms with van der Waals surface area (Å²) in [5.41, 5.74) is 0.107. The Morgan fingerprint density at radius 1 is 1.16 bits per heavy atom. The smallest absolute Gasteiger partial charge is 0.275 e. The van der Waals surface area contributed by atoms with Crippen LogP contribution >= 0.6 is 0 Å². The quantitative estimate of drug-likeness (QED) is 0.657. The fraction of sp³-hybridized carbons (Fsp3) is 0.318. The minimum Gasteiger partial charge on any atom is -0.324 e. The molecule has 31 heavy (non-hydrogen) atoms. The van der Waals surface area contributed by atoms with Crippen LogP contribution in [0.15, 0.2) is 64.4 Å². The predicted molar refractivity (Wildman–Crippen MR) is 118 cm³/mol. The number of benzene rings is 2. The second-order valence-corrected chi connectivity index (χ2v) is 9.82. The van der Waals surface area contributed by atoms with Gasteiger partial charge in [-0.2, -0.15) is 9.40 Å². The van der Waals surface area contributed by atoms with E-state index in [1.807, 2.05) is 6.07 Å². The van der Waals surface area contributed by atoms with Gasteiger partial charge in [0.05, 0.1) is 16.5 Å². The molecule has 162 valence electrons. The first-order valence-electron chi connectivity index (χ1n) is 10.2. The van der Waals surface area contributed by atoms with Gasteiger partial charge in [-0.25, -0.2) is 13.1 Å². The number of anilines is 1. The first kappa shape index (κ1) is 21.2. The summed E-state index contributed by atoms with van der Waals surface area (Å²) in [6.07, 6.45) is 3.44. The molecule has 2 aromatic carbocycles. The highest BCUT2D eigenvalue weighted by Gasteiger charge is 2.28. The number of nitrogens with one attached hydrogen (secondary N) is 1. The first-order valence-corrected chi connectivity index (χ1v) is 11.6. The number of rotatable bonds is 5. The number of carbonyl (C=O) groups is 1. The van der Waals surface area contributed by atoms with Crippen molar-refractivity contribution in [3.63, 3.8) is 0 Å². The van der Waals surface area contributed by atoms with E-state index in [1.54, 1.807) is 36.5 Å². The van der Waals surface area contributed by atoms with E-state index < -0.39 is 15.9 Å². The Balaban J connectivity index is 1.45. The molecule has 8 nitrogen and oxygen atoms in total. The molecule has 0 bridgehead atoms.